The Kier molecular flexibility index (Phi) is 13.8. The molecule has 1 atom stereocenters. The zero-order valence-corrected chi connectivity index (χ0v) is 25.6. The highest BCUT2D eigenvalue weighted by Crippen LogP contribution is 2.35. The van der Waals surface area contributed by atoms with Gasteiger partial charge in [-0.2, -0.15) is 13.2 Å². The zero-order valence-electron chi connectivity index (χ0n) is 25.6. The molecule has 1 unspecified atom stereocenters. The van der Waals surface area contributed by atoms with Crippen molar-refractivity contribution in [3.8, 4) is 28.0 Å². The van der Waals surface area contributed by atoms with Crippen molar-refractivity contribution in [2.24, 2.45) is 0 Å². The molecule has 0 fully saturated rings. The number of unbranched alkanes of at least 4 members (excludes halogenated alkanes) is 8. The lowest BCUT2D eigenvalue weighted by atomic mass is 9.92. The lowest BCUT2D eigenvalue weighted by molar-refractivity contribution is -0.255. The van der Waals surface area contributed by atoms with E-state index >= 15 is 0 Å². The number of alkyl halides is 3. The van der Waals surface area contributed by atoms with Crippen molar-refractivity contribution in [3.05, 3.63) is 77.9 Å². The molecule has 0 aliphatic rings. The highest BCUT2D eigenvalue weighted by atomic mass is 19.4. The van der Waals surface area contributed by atoms with Gasteiger partial charge < -0.3 is 19.4 Å². The second-order valence-corrected chi connectivity index (χ2v) is 11.1. The van der Waals surface area contributed by atoms with E-state index in [1.807, 2.05) is 31.2 Å². The molecule has 0 saturated heterocycles. The van der Waals surface area contributed by atoms with Crippen molar-refractivity contribution < 1.29 is 37.3 Å². The summed E-state index contributed by atoms with van der Waals surface area (Å²) in [6, 6.07) is 18.0. The summed E-state index contributed by atoms with van der Waals surface area (Å²) in [6.07, 6.45) is 2.58. The van der Waals surface area contributed by atoms with E-state index in [4.69, 9.17) is 9.47 Å². The Balaban J connectivity index is 1.75. The van der Waals surface area contributed by atoms with Crippen LogP contribution in [0.15, 0.2) is 66.7 Å². The number of esters is 1. The fourth-order valence-corrected chi connectivity index (χ4v) is 4.99. The molecule has 3 aromatic rings. The maximum atomic E-state index is 13.5. The topological polar surface area (TPSA) is 75.7 Å². The summed E-state index contributed by atoms with van der Waals surface area (Å²) in [5.74, 6) is -1.66. The highest BCUT2D eigenvalue weighted by Gasteiger charge is 2.42. The normalized spacial score (nSPS) is 12.1. The van der Waals surface area contributed by atoms with Gasteiger partial charge in [0.05, 0.1) is 18.1 Å². The average molecular weight is 612 g/mol. The van der Waals surface area contributed by atoms with Crippen LogP contribution >= 0.6 is 0 Å². The summed E-state index contributed by atoms with van der Waals surface area (Å²) in [5, 5.41) is 11.6. The van der Waals surface area contributed by atoms with Gasteiger partial charge in [0.1, 0.15) is 5.75 Å². The second kappa shape index (κ2) is 17.5. The summed E-state index contributed by atoms with van der Waals surface area (Å²) in [5.41, 5.74) is 2.64. The molecule has 0 aliphatic carbocycles. The Morgan fingerprint density at radius 1 is 0.705 bits per heavy atom. The van der Waals surface area contributed by atoms with Crippen LogP contribution in [0.5, 0.6) is 5.75 Å². The predicted octanol–water partition coefficient (Wildman–Crippen LogP) is 9.18. The van der Waals surface area contributed by atoms with E-state index in [0.717, 1.165) is 42.6 Å². The minimum Gasteiger partial charge on any atom is -0.545 e. The van der Waals surface area contributed by atoms with Crippen LogP contribution in [0.2, 0.25) is 0 Å². The molecule has 44 heavy (non-hydrogen) atoms. The number of carboxylic acid groups (broad SMARTS) is 1. The number of carboxylic acids is 1. The Morgan fingerprint density at radius 3 is 1.86 bits per heavy atom. The van der Waals surface area contributed by atoms with Crippen LogP contribution in [0.4, 0.5) is 13.2 Å². The lowest BCUT2D eigenvalue weighted by Gasteiger charge is -2.21. The third-order valence-corrected chi connectivity index (χ3v) is 7.55. The molecular weight excluding hydrogens is 569 g/mol. The number of aromatic carboxylic acids is 1. The third-order valence-electron chi connectivity index (χ3n) is 7.55. The Hall–Kier alpha value is -3.81. The number of rotatable bonds is 18. The van der Waals surface area contributed by atoms with Crippen LogP contribution in [0.1, 0.15) is 105 Å². The van der Waals surface area contributed by atoms with Gasteiger partial charge in [-0.3, -0.25) is 0 Å². The molecule has 0 bridgehead atoms. The summed E-state index contributed by atoms with van der Waals surface area (Å²) >= 11 is 0. The van der Waals surface area contributed by atoms with Crippen molar-refractivity contribution in [1.29, 1.82) is 0 Å². The quantitative estimate of drug-likeness (QED) is 0.106. The van der Waals surface area contributed by atoms with E-state index in [1.54, 1.807) is 18.2 Å². The van der Waals surface area contributed by atoms with Crippen molar-refractivity contribution in [2.75, 3.05) is 6.61 Å². The van der Waals surface area contributed by atoms with Gasteiger partial charge in [0.25, 0.3) is 0 Å². The first kappa shape index (κ1) is 34.7. The van der Waals surface area contributed by atoms with E-state index in [9.17, 15) is 27.9 Å². The zero-order chi connectivity index (χ0) is 32.0. The van der Waals surface area contributed by atoms with Gasteiger partial charge in [0, 0.05) is 0 Å². The lowest BCUT2D eigenvalue weighted by Crippen LogP contribution is -2.33. The minimum absolute atomic E-state index is 0.0257. The predicted molar refractivity (Wildman–Crippen MR) is 165 cm³/mol. The standard InChI is InChI=1S/C36H43F3O5/c1-3-5-7-9-10-12-24-43-30-21-18-26(19-22-30)31-23-20-29(34(40)41)25-32(31)27-14-16-28(17-15-27)35(42)44-33(36(37,38)39)13-11-8-6-4-2/h14-23,25,33H,3-13,24H2,1-2H3,(H,40,41)/p-1. The molecule has 3 rings (SSSR count). The van der Waals surface area contributed by atoms with E-state index in [0.29, 0.717) is 30.6 Å². The summed E-state index contributed by atoms with van der Waals surface area (Å²) in [6.45, 7) is 4.79. The Labute approximate surface area is 258 Å². The van der Waals surface area contributed by atoms with Crippen molar-refractivity contribution in [3.63, 3.8) is 0 Å². The Bertz CT molecular complexity index is 1320. The monoisotopic (exact) mass is 611 g/mol. The van der Waals surface area contributed by atoms with Crippen molar-refractivity contribution in [1.82, 2.24) is 0 Å². The fraction of sp³-hybridized carbons (Fsp3) is 0.444. The molecule has 0 saturated carbocycles. The first-order valence-electron chi connectivity index (χ1n) is 15.6. The van der Waals surface area contributed by atoms with E-state index in [-0.39, 0.29) is 17.5 Å². The van der Waals surface area contributed by atoms with Gasteiger partial charge in [-0.05, 0) is 77.4 Å². The third kappa shape index (κ3) is 10.7. The van der Waals surface area contributed by atoms with Crippen LogP contribution in [0, 0.1) is 0 Å². The smallest absolute Gasteiger partial charge is 0.425 e. The number of hydrogen-bond donors (Lipinski definition) is 0. The molecule has 238 valence electrons. The minimum atomic E-state index is -4.66. The van der Waals surface area contributed by atoms with Gasteiger partial charge in [-0.25, -0.2) is 4.79 Å². The molecule has 0 spiro atoms. The molecule has 5 nitrogen and oxygen atoms in total. The van der Waals surface area contributed by atoms with Crippen LogP contribution in [0.3, 0.4) is 0 Å². The SMILES string of the molecule is CCCCCCCCOc1ccc(-c2ccc(C(=O)[O-])cc2-c2ccc(C(=O)OC(CCCCCC)C(F)(F)F)cc2)cc1. The van der Waals surface area contributed by atoms with E-state index in [1.165, 1.54) is 49.9 Å². The number of ether oxygens (including phenoxy) is 2. The molecule has 3 aromatic carbocycles. The summed E-state index contributed by atoms with van der Waals surface area (Å²) in [4.78, 5) is 24.3. The van der Waals surface area contributed by atoms with Gasteiger partial charge in [-0.15, -0.1) is 0 Å². The van der Waals surface area contributed by atoms with Crippen molar-refractivity contribution >= 4 is 11.9 Å². The Morgan fingerprint density at radius 2 is 1.25 bits per heavy atom. The first-order valence-corrected chi connectivity index (χ1v) is 15.6. The van der Waals surface area contributed by atoms with E-state index in [2.05, 4.69) is 6.92 Å². The first-order chi connectivity index (χ1) is 21.1. The van der Waals surface area contributed by atoms with Crippen LogP contribution < -0.4 is 9.84 Å². The van der Waals surface area contributed by atoms with Crippen LogP contribution in [0.25, 0.3) is 22.3 Å². The molecule has 0 amide bonds. The summed E-state index contributed by atoms with van der Waals surface area (Å²) in [7, 11) is 0. The fourth-order valence-electron chi connectivity index (χ4n) is 4.99. The number of carbonyl (C=O) groups excluding carboxylic acids is 2. The van der Waals surface area contributed by atoms with Crippen molar-refractivity contribution in [2.45, 2.75) is 96.8 Å². The number of hydrogen-bond acceptors (Lipinski definition) is 5. The average Bonchev–Trinajstić information content (AvgIpc) is 3.01. The molecule has 8 heteroatoms. The number of carbonyl (C=O) groups is 2. The second-order valence-electron chi connectivity index (χ2n) is 11.1. The maximum Gasteiger partial charge on any atom is 0.425 e. The van der Waals surface area contributed by atoms with Crippen LogP contribution in [-0.2, 0) is 4.74 Å². The number of benzene rings is 3. The molecule has 0 aromatic heterocycles. The highest BCUT2D eigenvalue weighted by molar-refractivity contribution is 5.94. The van der Waals surface area contributed by atoms with Gasteiger partial charge in [0.2, 0.25) is 0 Å². The molecular formula is C36H42F3O5-. The van der Waals surface area contributed by atoms with Gasteiger partial charge in [-0.1, -0.05) is 102 Å². The molecule has 0 aliphatic heterocycles. The van der Waals surface area contributed by atoms with Crippen LogP contribution in [-0.4, -0.2) is 30.8 Å². The van der Waals surface area contributed by atoms with Gasteiger partial charge >= 0.3 is 12.1 Å². The maximum absolute atomic E-state index is 13.5. The van der Waals surface area contributed by atoms with E-state index < -0.39 is 24.2 Å². The largest absolute Gasteiger partial charge is 0.545 e. The summed E-state index contributed by atoms with van der Waals surface area (Å²) < 4.78 is 51.3. The molecule has 0 heterocycles. The molecule has 0 radical (unpaired) electrons. The van der Waals surface area contributed by atoms with Gasteiger partial charge in [0.15, 0.2) is 6.10 Å². The molecule has 0 N–H and O–H groups in total. The number of halogens is 3.